The summed E-state index contributed by atoms with van der Waals surface area (Å²) in [5.74, 6) is -4.31. The molecular formula is C14H8ClF3O. The van der Waals surface area contributed by atoms with Gasteiger partial charge in [0.2, 0.25) is 0 Å². The summed E-state index contributed by atoms with van der Waals surface area (Å²) in [5.41, 5.74) is 0.440. The third kappa shape index (κ3) is 2.49. The molecule has 0 bridgehead atoms. The van der Waals surface area contributed by atoms with Crippen LogP contribution in [0.3, 0.4) is 0 Å². The lowest BCUT2D eigenvalue weighted by molar-refractivity contribution is 0.101. The Bertz CT molecular complexity index is 668. The number of halogens is 4. The Hall–Kier alpha value is -1.81. The molecule has 0 aliphatic rings. The van der Waals surface area contributed by atoms with Crippen LogP contribution in [0.1, 0.15) is 17.3 Å². The molecule has 2 rings (SSSR count). The molecule has 19 heavy (non-hydrogen) atoms. The molecule has 0 heterocycles. The number of carbonyl (C=O) groups is 1. The SMILES string of the molecule is CC(=O)c1ccc(-c2ccc(F)c(F)c2F)cc1Cl. The van der Waals surface area contributed by atoms with Gasteiger partial charge in [-0.15, -0.1) is 0 Å². The molecule has 0 saturated carbocycles. The zero-order chi connectivity index (χ0) is 14.2. The third-order valence-electron chi connectivity index (χ3n) is 2.69. The summed E-state index contributed by atoms with van der Waals surface area (Å²) >= 11 is 5.89. The summed E-state index contributed by atoms with van der Waals surface area (Å²) in [6, 6.07) is 6.14. The molecule has 0 aliphatic heterocycles. The number of carbonyl (C=O) groups excluding carboxylic acids is 1. The molecule has 0 saturated heterocycles. The summed E-state index contributed by atoms with van der Waals surface area (Å²) < 4.78 is 39.6. The Morgan fingerprint density at radius 1 is 1.05 bits per heavy atom. The van der Waals surface area contributed by atoms with Crippen molar-refractivity contribution in [3.05, 3.63) is 58.4 Å². The van der Waals surface area contributed by atoms with Gasteiger partial charge >= 0.3 is 0 Å². The van der Waals surface area contributed by atoms with Crippen LogP contribution < -0.4 is 0 Å². The first-order valence-corrected chi connectivity index (χ1v) is 5.74. The van der Waals surface area contributed by atoms with Gasteiger partial charge in [-0.3, -0.25) is 4.79 Å². The fourth-order valence-electron chi connectivity index (χ4n) is 1.72. The molecule has 0 fully saturated rings. The Labute approximate surface area is 112 Å². The van der Waals surface area contributed by atoms with Crippen LogP contribution in [0.25, 0.3) is 11.1 Å². The molecule has 0 spiro atoms. The van der Waals surface area contributed by atoms with Crippen molar-refractivity contribution in [2.24, 2.45) is 0 Å². The molecule has 98 valence electrons. The Morgan fingerprint density at radius 3 is 2.32 bits per heavy atom. The number of ketones is 1. The van der Waals surface area contributed by atoms with Crippen LogP contribution in [0.4, 0.5) is 13.2 Å². The molecule has 0 aromatic heterocycles. The Balaban J connectivity index is 2.58. The smallest absolute Gasteiger partial charge is 0.195 e. The highest BCUT2D eigenvalue weighted by atomic mass is 35.5. The van der Waals surface area contributed by atoms with E-state index in [1.807, 2.05) is 0 Å². The highest BCUT2D eigenvalue weighted by Crippen LogP contribution is 2.29. The van der Waals surface area contributed by atoms with Crippen molar-refractivity contribution < 1.29 is 18.0 Å². The van der Waals surface area contributed by atoms with Gasteiger partial charge in [0.05, 0.1) is 5.02 Å². The zero-order valence-electron chi connectivity index (χ0n) is 9.81. The lowest BCUT2D eigenvalue weighted by Gasteiger charge is -2.07. The standard InChI is InChI=1S/C14H8ClF3O/c1-7(19)9-3-2-8(6-11(9)15)10-4-5-12(16)14(18)13(10)17/h2-6H,1H3. The number of benzene rings is 2. The quantitative estimate of drug-likeness (QED) is 0.580. The minimum absolute atomic E-state index is 0.115. The molecule has 0 aliphatic carbocycles. The first-order chi connectivity index (χ1) is 8.91. The molecule has 5 heteroatoms. The number of Topliss-reactive ketones (excluding diaryl/α,β-unsaturated/α-hetero) is 1. The lowest BCUT2D eigenvalue weighted by Crippen LogP contribution is -1.96. The molecule has 0 radical (unpaired) electrons. The van der Waals surface area contributed by atoms with Crippen LogP contribution in [0.2, 0.25) is 5.02 Å². The van der Waals surface area contributed by atoms with Crippen molar-refractivity contribution in [1.29, 1.82) is 0 Å². The molecule has 2 aromatic carbocycles. The van der Waals surface area contributed by atoms with Gasteiger partial charge < -0.3 is 0 Å². The van der Waals surface area contributed by atoms with Gasteiger partial charge in [0.1, 0.15) is 0 Å². The van der Waals surface area contributed by atoms with E-state index in [-0.39, 0.29) is 27.5 Å². The summed E-state index contributed by atoms with van der Waals surface area (Å²) in [7, 11) is 0. The van der Waals surface area contributed by atoms with Crippen LogP contribution in [-0.2, 0) is 0 Å². The monoisotopic (exact) mass is 284 g/mol. The fraction of sp³-hybridized carbons (Fsp3) is 0.0714. The summed E-state index contributed by atoms with van der Waals surface area (Å²) in [5, 5.41) is 0.133. The minimum Gasteiger partial charge on any atom is -0.294 e. The van der Waals surface area contributed by atoms with E-state index in [4.69, 9.17) is 11.6 Å². The van der Waals surface area contributed by atoms with Gasteiger partial charge in [-0.2, -0.15) is 0 Å². The third-order valence-corrected chi connectivity index (χ3v) is 3.01. The molecule has 2 aromatic rings. The largest absolute Gasteiger partial charge is 0.294 e. The second-order valence-electron chi connectivity index (χ2n) is 3.97. The molecule has 0 N–H and O–H groups in total. The van der Waals surface area contributed by atoms with Crippen LogP contribution in [-0.4, -0.2) is 5.78 Å². The van der Waals surface area contributed by atoms with E-state index in [1.54, 1.807) is 0 Å². The number of rotatable bonds is 2. The van der Waals surface area contributed by atoms with E-state index in [1.165, 1.54) is 25.1 Å². The van der Waals surface area contributed by atoms with E-state index >= 15 is 0 Å². The first kappa shape index (κ1) is 13.6. The number of hydrogen-bond acceptors (Lipinski definition) is 1. The van der Waals surface area contributed by atoms with E-state index in [0.717, 1.165) is 12.1 Å². The lowest BCUT2D eigenvalue weighted by atomic mass is 10.0. The van der Waals surface area contributed by atoms with Gasteiger partial charge in [-0.25, -0.2) is 13.2 Å². The minimum atomic E-state index is -1.54. The second kappa shape index (κ2) is 5.05. The van der Waals surface area contributed by atoms with Gasteiger partial charge in [0, 0.05) is 11.1 Å². The summed E-state index contributed by atoms with van der Waals surface area (Å²) in [6.45, 7) is 1.35. The Morgan fingerprint density at radius 2 is 1.74 bits per heavy atom. The molecule has 1 nitrogen and oxygen atoms in total. The van der Waals surface area contributed by atoms with Crippen LogP contribution in [0.5, 0.6) is 0 Å². The molecule has 0 amide bonds. The topological polar surface area (TPSA) is 17.1 Å². The second-order valence-corrected chi connectivity index (χ2v) is 4.38. The van der Waals surface area contributed by atoms with Crippen molar-refractivity contribution in [1.82, 2.24) is 0 Å². The summed E-state index contributed by atoms with van der Waals surface area (Å²) in [4.78, 5) is 11.2. The molecule has 0 unspecified atom stereocenters. The van der Waals surface area contributed by atoms with Crippen molar-refractivity contribution in [3.63, 3.8) is 0 Å². The summed E-state index contributed by atoms with van der Waals surface area (Å²) in [6.07, 6.45) is 0. The molecular weight excluding hydrogens is 277 g/mol. The van der Waals surface area contributed by atoms with Crippen LogP contribution in [0, 0.1) is 17.5 Å². The molecule has 0 atom stereocenters. The maximum absolute atomic E-state index is 13.6. The maximum Gasteiger partial charge on any atom is 0.195 e. The highest BCUT2D eigenvalue weighted by Gasteiger charge is 2.16. The number of hydrogen-bond donors (Lipinski definition) is 0. The fourth-order valence-corrected chi connectivity index (χ4v) is 2.03. The van der Waals surface area contributed by atoms with Crippen molar-refractivity contribution >= 4 is 17.4 Å². The van der Waals surface area contributed by atoms with Crippen molar-refractivity contribution in [2.45, 2.75) is 6.92 Å². The predicted molar refractivity (Wildman–Crippen MR) is 66.8 cm³/mol. The zero-order valence-corrected chi connectivity index (χ0v) is 10.6. The Kier molecular flexibility index (Phi) is 3.62. The van der Waals surface area contributed by atoms with Crippen molar-refractivity contribution in [3.8, 4) is 11.1 Å². The van der Waals surface area contributed by atoms with Gasteiger partial charge in [0.25, 0.3) is 0 Å². The van der Waals surface area contributed by atoms with Crippen molar-refractivity contribution in [2.75, 3.05) is 0 Å². The van der Waals surface area contributed by atoms with Crippen LogP contribution in [0.15, 0.2) is 30.3 Å². The average molecular weight is 285 g/mol. The van der Waals surface area contributed by atoms with Gasteiger partial charge in [-0.05, 0) is 36.8 Å². The van der Waals surface area contributed by atoms with Gasteiger partial charge in [0.15, 0.2) is 23.2 Å². The highest BCUT2D eigenvalue weighted by molar-refractivity contribution is 6.34. The van der Waals surface area contributed by atoms with E-state index in [2.05, 4.69) is 0 Å². The predicted octanol–water partition coefficient (Wildman–Crippen LogP) is 4.63. The maximum atomic E-state index is 13.6. The first-order valence-electron chi connectivity index (χ1n) is 5.36. The average Bonchev–Trinajstić information content (AvgIpc) is 2.35. The normalized spacial score (nSPS) is 10.6. The van der Waals surface area contributed by atoms with Gasteiger partial charge in [-0.1, -0.05) is 17.7 Å². The van der Waals surface area contributed by atoms with E-state index < -0.39 is 17.5 Å². The van der Waals surface area contributed by atoms with E-state index in [9.17, 15) is 18.0 Å². The van der Waals surface area contributed by atoms with Crippen LogP contribution >= 0.6 is 11.6 Å². The van der Waals surface area contributed by atoms with E-state index in [0.29, 0.717) is 0 Å².